The fourth-order valence-electron chi connectivity index (χ4n) is 2.12. The zero-order valence-electron chi connectivity index (χ0n) is 12.0. The highest BCUT2D eigenvalue weighted by Crippen LogP contribution is 2.34. The molecular weight excluding hydrogens is 418 g/mol. The van der Waals surface area contributed by atoms with Gasteiger partial charge in [-0.25, -0.2) is 0 Å². The van der Waals surface area contributed by atoms with Gasteiger partial charge in [-0.1, -0.05) is 0 Å². The molecule has 0 fully saturated rings. The molecule has 1 aromatic rings. The third-order valence-electron chi connectivity index (χ3n) is 3.13. The van der Waals surface area contributed by atoms with Crippen LogP contribution in [-0.4, -0.2) is 41.8 Å². The van der Waals surface area contributed by atoms with Crippen molar-refractivity contribution >= 4 is 43.5 Å². The Balaban J connectivity index is 2.44. The van der Waals surface area contributed by atoms with Gasteiger partial charge in [0.1, 0.15) is 12.4 Å². The molecule has 1 aromatic carbocycles. The van der Waals surface area contributed by atoms with Gasteiger partial charge in [0.15, 0.2) is 11.6 Å². The van der Waals surface area contributed by atoms with E-state index >= 15 is 0 Å². The molecule has 0 spiro atoms. The molecule has 22 heavy (non-hydrogen) atoms. The number of aromatic hydroxyl groups is 1. The number of hydrogen-bond acceptors (Lipinski definition) is 5. The van der Waals surface area contributed by atoms with Crippen LogP contribution in [0.15, 0.2) is 32.7 Å². The highest BCUT2D eigenvalue weighted by Gasteiger charge is 2.28. The van der Waals surface area contributed by atoms with Crippen molar-refractivity contribution in [3.63, 3.8) is 0 Å². The van der Waals surface area contributed by atoms with Crippen LogP contribution in [0.4, 0.5) is 0 Å². The van der Waals surface area contributed by atoms with E-state index in [-0.39, 0.29) is 17.4 Å². The number of halogens is 2. The second kappa shape index (κ2) is 6.70. The number of amides is 1. The van der Waals surface area contributed by atoms with Gasteiger partial charge < -0.3 is 20.6 Å². The summed E-state index contributed by atoms with van der Waals surface area (Å²) < 4.78 is 6.32. The zero-order chi connectivity index (χ0) is 16.4. The second-order valence-corrected chi connectivity index (χ2v) is 6.36. The first-order chi connectivity index (χ1) is 10.4. The van der Waals surface area contributed by atoms with Gasteiger partial charge in [0.2, 0.25) is 0 Å². The summed E-state index contributed by atoms with van der Waals surface area (Å²) in [4.78, 5) is 14.3. The molecule has 0 unspecified atom stereocenters. The van der Waals surface area contributed by atoms with E-state index < -0.39 is 0 Å². The summed E-state index contributed by atoms with van der Waals surface area (Å²) >= 11 is 6.44. The number of nitrogens with zero attached hydrogens (tertiary/aromatic N) is 1. The number of allylic oxidation sites excluding steroid dienone is 1. The minimum Gasteiger partial charge on any atom is -0.506 e. The van der Waals surface area contributed by atoms with E-state index in [1.807, 2.05) is 0 Å². The van der Waals surface area contributed by atoms with Crippen LogP contribution in [0.2, 0.25) is 0 Å². The first-order valence-corrected chi connectivity index (χ1v) is 8.05. The van der Waals surface area contributed by atoms with Crippen molar-refractivity contribution in [2.45, 2.75) is 6.92 Å². The van der Waals surface area contributed by atoms with Crippen molar-refractivity contribution < 1.29 is 14.6 Å². The molecule has 1 amide bonds. The van der Waals surface area contributed by atoms with Crippen LogP contribution in [0, 0.1) is 5.41 Å². The Morgan fingerprint density at radius 3 is 2.50 bits per heavy atom. The molecule has 1 aliphatic rings. The van der Waals surface area contributed by atoms with Crippen molar-refractivity contribution in [2.24, 2.45) is 0 Å². The van der Waals surface area contributed by atoms with E-state index in [0.717, 1.165) is 0 Å². The van der Waals surface area contributed by atoms with Crippen molar-refractivity contribution in [3.05, 3.63) is 38.2 Å². The predicted octanol–water partition coefficient (Wildman–Crippen LogP) is 2.82. The lowest BCUT2D eigenvalue weighted by molar-refractivity contribution is 0.0682. The van der Waals surface area contributed by atoms with Gasteiger partial charge in [0.05, 0.1) is 21.2 Å². The number of phenolic OH excluding ortho intramolecular Hbond substituents is 1. The van der Waals surface area contributed by atoms with Crippen molar-refractivity contribution in [1.29, 1.82) is 5.41 Å². The Kier molecular flexibility index (Phi) is 5.12. The average Bonchev–Trinajstić information content (AvgIpc) is 2.50. The lowest BCUT2D eigenvalue weighted by Crippen LogP contribution is -2.43. The molecule has 0 atom stereocenters. The molecular formula is C14H15Br2N3O3. The molecule has 1 aliphatic heterocycles. The largest absolute Gasteiger partial charge is 0.506 e. The first kappa shape index (κ1) is 16.8. The topological polar surface area (TPSA) is 85.7 Å². The SMILES string of the molecule is CNC1=C(C(C)=N)OCCN1C(=O)c1cc(Br)c(O)c(Br)c1. The lowest BCUT2D eigenvalue weighted by atomic mass is 10.1. The van der Waals surface area contributed by atoms with Crippen LogP contribution >= 0.6 is 31.9 Å². The summed E-state index contributed by atoms with van der Waals surface area (Å²) in [6, 6.07) is 3.12. The third kappa shape index (κ3) is 3.12. The number of phenols is 1. The zero-order valence-corrected chi connectivity index (χ0v) is 15.2. The molecule has 0 aromatic heterocycles. The summed E-state index contributed by atoms with van der Waals surface area (Å²) in [5, 5.41) is 20.4. The molecule has 0 saturated carbocycles. The number of carbonyl (C=O) groups is 1. The van der Waals surface area contributed by atoms with Crippen LogP contribution < -0.4 is 5.32 Å². The quantitative estimate of drug-likeness (QED) is 0.641. The van der Waals surface area contributed by atoms with Crippen LogP contribution in [0.5, 0.6) is 5.75 Å². The number of ether oxygens (including phenoxy) is 1. The van der Waals surface area contributed by atoms with Gasteiger partial charge in [-0.2, -0.15) is 0 Å². The summed E-state index contributed by atoms with van der Waals surface area (Å²) in [5.74, 6) is 0.620. The fraction of sp³-hybridized carbons (Fsp3) is 0.286. The summed E-state index contributed by atoms with van der Waals surface area (Å²) in [6.07, 6.45) is 0. The number of hydrogen-bond donors (Lipinski definition) is 3. The Morgan fingerprint density at radius 1 is 1.41 bits per heavy atom. The standard InChI is InChI=1S/C14H15Br2N3O3/c1-7(17)12-13(18-2)19(3-4-22-12)14(21)8-5-9(15)11(20)10(16)6-8/h5-6,17-18,20H,3-4H2,1-2H3. The van der Waals surface area contributed by atoms with E-state index in [1.165, 1.54) is 4.90 Å². The monoisotopic (exact) mass is 431 g/mol. The minimum absolute atomic E-state index is 0.0407. The predicted molar refractivity (Wildman–Crippen MR) is 90.0 cm³/mol. The summed E-state index contributed by atoms with van der Waals surface area (Å²) in [7, 11) is 1.68. The molecule has 6 nitrogen and oxygen atoms in total. The molecule has 0 saturated heterocycles. The van der Waals surface area contributed by atoms with Crippen LogP contribution in [0.1, 0.15) is 17.3 Å². The van der Waals surface area contributed by atoms with Gasteiger partial charge in [-0.3, -0.25) is 9.69 Å². The maximum absolute atomic E-state index is 12.8. The molecule has 0 aliphatic carbocycles. The maximum atomic E-state index is 12.8. The van der Waals surface area contributed by atoms with Crippen LogP contribution in [0.25, 0.3) is 0 Å². The molecule has 0 radical (unpaired) electrons. The Bertz CT molecular complexity index is 650. The van der Waals surface area contributed by atoms with Crippen molar-refractivity contribution in [2.75, 3.05) is 20.2 Å². The van der Waals surface area contributed by atoms with Crippen molar-refractivity contribution in [1.82, 2.24) is 10.2 Å². The molecule has 118 valence electrons. The second-order valence-electron chi connectivity index (χ2n) is 4.65. The van der Waals surface area contributed by atoms with Gasteiger partial charge in [-0.15, -0.1) is 0 Å². The van der Waals surface area contributed by atoms with Crippen molar-refractivity contribution in [3.8, 4) is 5.75 Å². The molecule has 1 heterocycles. The first-order valence-electron chi connectivity index (χ1n) is 6.47. The lowest BCUT2D eigenvalue weighted by Gasteiger charge is -2.31. The highest BCUT2D eigenvalue weighted by atomic mass is 79.9. The Hall–Kier alpha value is -1.54. The van der Waals surface area contributed by atoms with Crippen LogP contribution in [-0.2, 0) is 4.74 Å². The smallest absolute Gasteiger partial charge is 0.259 e. The van der Waals surface area contributed by atoms with E-state index in [4.69, 9.17) is 10.1 Å². The normalized spacial score (nSPS) is 14.6. The highest BCUT2D eigenvalue weighted by molar-refractivity contribution is 9.11. The fourth-order valence-corrected chi connectivity index (χ4v) is 3.31. The molecule has 0 bridgehead atoms. The van der Waals surface area contributed by atoms with Gasteiger partial charge in [0, 0.05) is 12.6 Å². The van der Waals surface area contributed by atoms with E-state index in [0.29, 0.717) is 39.2 Å². The molecule has 8 heteroatoms. The maximum Gasteiger partial charge on any atom is 0.259 e. The Labute approximate surface area is 144 Å². The van der Waals surface area contributed by atoms with E-state index in [1.54, 1.807) is 26.1 Å². The average molecular weight is 433 g/mol. The van der Waals surface area contributed by atoms with Gasteiger partial charge in [0.25, 0.3) is 5.91 Å². The third-order valence-corrected chi connectivity index (χ3v) is 4.34. The number of carbonyl (C=O) groups excluding carboxylic acids is 1. The number of nitrogens with one attached hydrogen (secondary N) is 2. The molecule has 2 rings (SSSR count). The van der Waals surface area contributed by atoms with Gasteiger partial charge in [-0.05, 0) is 50.9 Å². The number of benzene rings is 1. The summed E-state index contributed by atoms with van der Waals surface area (Å²) in [6.45, 7) is 2.30. The van der Waals surface area contributed by atoms with Crippen LogP contribution in [0.3, 0.4) is 0 Å². The van der Waals surface area contributed by atoms with Gasteiger partial charge >= 0.3 is 0 Å². The number of rotatable bonds is 3. The minimum atomic E-state index is -0.243. The summed E-state index contributed by atoms with van der Waals surface area (Å²) in [5.41, 5.74) is 0.656. The molecule has 3 N–H and O–H groups in total. The van der Waals surface area contributed by atoms with E-state index in [9.17, 15) is 9.90 Å². The Morgan fingerprint density at radius 2 is 2.00 bits per heavy atom. The van der Waals surface area contributed by atoms with E-state index in [2.05, 4.69) is 37.2 Å².